The normalized spacial score (nSPS) is 14.5. The van der Waals surface area contributed by atoms with Crippen LogP contribution in [0.2, 0.25) is 0 Å². The standard InChI is InChI=1S/C14H27NO2/c1-7-10-15(12(6)8-2)13(9-3)17-14(16)11(4)5/h12-13H,4,7-10H2,1-3,5-6H3. The van der Waals surface area contributed by atoms with E-state index < -0.39 is 0 Å². The van der Waals surface area contributed by atoms with E-state index >= 15 is 0 Å². The SMILES string of the molecule is C=C(C)C(=O)OC(CC)N(CCC)C(C)CC. The molecule has 0 radical (unpaired) electrons. The summed E-state index contributed by atoms with van der Waals surface area (Å²) in [4.78, 5) is 13.8. The van der Waals surface area contributed by atoms with Gasteiger partial charge in [-0.15, -0.1) is 0 Å². The van der Waals surface area contributed by atoms with E-state index in [2.05, 4.69) is 32.3 Å². The number of rotatable bonds is 8. The largest absolute Gasteiger partial charge is 0.443 e. The molecule has 0 N–H and O–H groups in total. The molecule has 0 saturated carbocycles. The van der Waals surface area contributed by atoms with Crippen molar-refractivity contribution in [2.75, 3.05) is 6.54 Å². The molecule has 3 nitrogen and oxygen atoms in total. The maximum atomic E-state index is 11.6. The van der Waals surface area contributed by atoms with Gasteiger partial charge in [0.15, 0.2) is 6.23 Å². The fourth-order valence-electron chi connectivity index (χ4n) is 1.75. The Morgan fingerprint density at radius 2 is 1.88 bits per heavy atom. The number of nitrogens with zero attached hydrogens (tertiary/aromatic N) is 1. The van der Waals surface area contributed by atoms with Crippen molar-refractivity contribution in [3.05, 3.63) is 12.2 Å². The fraction of sp³-hybridized carbons (Fsp3) is 0.786. The monoisotopic (exact) mass is 241 g/mol. The van der Waals surface area contributed by atoms with Crippen LogP contribution in [-0.4, -0.2) is 29.7 Å². The molecule has 0 aromatic heterocycles. The van der Waals surface area contributed by atoms with E-state index in [9.17, 15) is 4.79 Å². The Bertz CT molecular complexity index is 251. The second kappa shape index (κ2) is 8.29. The highest BCUT2D eigenvalue weighted by Crippen LogP contribution is 2.15. The van der Waals surface area contributed by atoms with Crippen molar-refractivity contribution in [2.24, 2.45) is 0 Å². The summed E-state index contributed by atoms with van der Waals surface area (Å²) in [5.74, 6) is -0.291. The maximum absolute atomic E-state index is 11.6. The Balaban J connectivity index is 4.65. The predicted octanol–water partition coefficient (Wildman–Crippen LogP) is 3.35. The van der Waals surface area contributed by atoms with Crippen molar-refractivity contribution in [3.63, 3.8) is 0 Å². The molecule has 100 valence electrons. The van der Waals surface area contributed by atoms with Crippen molar-refractivity contribution < 1.29 is 9.53 Å². The number of carbonyl (C=O) groups is 1. The maximum Gasteiger partial charge on any atom is 0.334 e. The minimum atomic E-state index is -0.291. The van der Waals surface area contributed by atoms with Gasteiger partial charge in [0.1, 0.15) is 0 Å². The lowest BCUT2D eigenvalue weighted by atomic mass is 10.2. The van der Waals surface area contributed by atoms with Crippen LogP contribution in [0.15, 0.2) is 12.2 Å². The zero-order valence-corrected chi connectivity index (χ0v) is 12.0. The zero-order chi connectivity index (χ0) is 13.4. The summed E-state index contributed by atoms with van der Waals surface area (Å²) >= 11 is 0. The molecule has 0 aliphatic rings. The van der Waals surface area contributed by atoms with Gasteiger partial charge in [-0.25, -0.2) is 4.79 Å². The molecule has 0 bridgehead atoms. The van der Waals surface area contributed by atoms with Gasteiger partial charge in [0.25, 0.3) is 0 Å². The van der Waals surface area contributed by atoms with Crippen LogP contribution in [0, 0.1) is 0 Å². The Morgan fingerprint density at radius 1 is 1.29 bits per heavy atom. The highest BCUT2D eigenvalue weighted by Gasteiger charge is 2.23. The molecule has 0 fully saturated rings. The molecule has 2 atom stereocenters. The summed E-state index contributed by atoms with van der Waals surface area (Å²) in [6.07, 6.45) is 2.80. The lowest BCUT2D eigenvalue weighted by Crippen LogP contribution is -2.44. The van der Waals surface area contributed by atoms with E-state index in [0.717, 1.165) is 25.8 Å². The minimum absolute atomic E-state index is 0.130. The molecule has 0 aliphatic carbocycles. The first-order valence-corrected chi connectivity index (χ1v) is 6.60. The number of carbonyl (C=O) groups excluding carboxylic acids is 1. The molecule has 0 rings (SSSR count). The highest BCUT2D eigenvalue weighted by molar-refractivity contribution is 5.87. The molecule has 0 aromatic rings. The third kappa shape index (κ3) is 5.35. The summed E-state index contributed by atoms with van der Waals surface area (Å²) in [5.41, 5.74) is 0.462. The molecule has 2 unspecified atom stereocenters. The smallest absolute Gasteiger partial charge is 0.334 e. The lowest BCUT2D eigenvalue weighted by Gasteiger charge is -2.34. The molecule has 0 saturated heterocycles. The Morgan fingerprint density at radius 3 is 2.24 bits per heavy atom. The van der Waals surface area contributed by atoms with Crippen LogP contribution >= 0.6 is 0 Å². The Hall–Kier alpha value is -0.830. The molecular weight excluding hydrogens is 214 g/mol. The van der Waals surface area contributed by atoms with Gasteiger partial charge in [0.05, 0.1) is 0 Å². The summed E-state index contributed by atoms with van der Waals surface area (Å²) in [5, 5.41) is 0. The molecule has 0 spiro atoms. The van der Waals surface area contributed by atoms with Crippen LogP contribution in [0.1, 0.15) is 53.9 Å². The van der Waals surface area contributed by atoms with Gasteiger partial charge in [-0.3, -0.25) is 4.90 Å². The zero-order valence-electron chi connectivity index (χ0n) is 12.0. The summed E-state index contributed by atoms with van der Waals surface area (Å²) in [6.45, 7) is 14.8. The molecular formula is C14H27NO2. The van der Waals surface area contributed by atoms with E-state index in [0.29, 0.717) is 11.6 Å². The summed E-state index contributed by atoms with van der Waals surface area (Å²) < 4.78 is 5.49. The van der Waals surface area contributed by atoms with Crippen LogP contribution in [0.25, 0.3) is 0 Å². The van der Waals surface area contributed by atoms with Gasteiger partial charge in [-0.2, -0.15) is 0 Å². The van der Waals surface area contributed by atoms with Crippen LogP contribution in [0.5, 0.6) is 0 Å². The quantitative estimate of drug-likeness (QED) is 0.371. The molecule has 3 heteroatoms. The number of hydrogen-bond donors (Lipinski definition) is 0. The van der Waals surface area contributed by atoms with Gasteiger partial charge in [-0.05, 0) is 33.1 Å². The summed E-state index contributed by atoms with van der Waals surface area (Å²) in [7, 11) is 0. The highest BCUT2D eigenvalue weighted by atomic mass is 16.6. The number of esters is 1. The van der Waals surface area contributed by atoms with E-state index in [1.54, 1.807) is 6.92 Å². The number of hydrogen-bond acceptors (Lipinski definition) is 3. The number of ether oxygens (including phenoxy) is 1. The van der Waals surface area contributed by atoms with Crippen molar-refractivity contribution in [1.29, 1.82) is 0 Å². The first-order valence-electron chi connectivity index (χ1n) is 6.60. The average molecular weight is 241 g/mol. The van der Waals surface area contributed by atoms with Gasteiger partial charge >= 0.3 is 5.97 Å². The topological polar surface area (TPSA) is 29.5 Å². The Kier molecular flexibility index (Phi) is 7.88. The first kappa shape index (κ1) is 16.2. The lowest BCUT2D eigenvalue weighted by molar-refractivity contribution is -0.157. The average Bonchev–Trinajstić information content (AvgIpc) is 2.32. The van der Waals surface area contributed by atoms with E-state index in [4.69, 9.17) is 4.74 Å². The van der Waals surface area contributed by atoms with Crippen LogP contribution < -0.4 is 0 Å². The van der Waals surface area contributed by atoms with Crippen molar-refractivity contribution in [1.82, 2.24) is 4.90 Å². The predicted molar refractivity (Wildman–Crippen MR) is 71.7 cm³/mol. The molecule has 17 heavy (non-hydrogen) atoms. The van der Waals surface area contributed by atoms with Crippen LogP contribution in [-0.2, 0) is 9.53 Å². The second-order valence-corrected chi connectivity index (χ2v) is 4.54. The molecule has 0 heterocycles. The van der Waals surface area contributed by atoms with Gasteiger partial charge in [0.2, 0.25) is 0 Å². The van der Waals surface area contributed by atoms with E-state index in [1.165, 1.54) is 0 Å². The van der Waals surface area contributed by atoms with E-state index in [1.807, 2.05) is 6.92 Å². The molecule has 0 aliphatic heterocycles. The second-order valence-electron chi connectivity index (χ2n) is 4.54. The Labute approximate surface area is 106 Å². The van der Waals surface area contributed by atoms with Crippen LogP contribution in [0.4, 0.5) is 0 Å². The van der Waals surface area contributed by atoms with Crippen molar-refractivity contribution in [3.8, 4) is 0 Å². The van der Waals surface area contributed by atoms with Crippen LogP contribution in [0.3, 0.4) is 0 Å². The summed E-state index contributed by atoms with van der Waals surface area (Å²) in [6, 6.07) is 0.429. The third-order valence-corrected chi connectivity index (χ3v) is 2.95. The van der Waals surface area contributed by atoms with Crippen molar-refractivity contribution in [2.45, 2.75) is 66.2 Å². The molecule has 0 amide bonds. The minimum Gasteiger partial charge on any atom is -0.443 e. The first-order chi connectivity index (χ1) is 7.97. The van der Waals surface area contributed by atoms with E-state index in [-0.39, 0.29) is 12.2 Å². The van der Waals surface area contributed by atoms with Gasteiger partial charge < -0.3 is 4.74 Å². The van der Waals surface area contributed by atoms with Gasteiger partial charge in [-0.1, -0.05) is 27.4 Å². The van der Waals surface area contributed by atoms with Crippen molar-refractivity contribution >= 4 is 5.97 Å². The molecule has 0 aromatic carbocycles. The van der Waals surface area contributed by atoms with Gasteiger partial charge in [0, 0.05) is 18.2 Å². The third-order valence-electron chi connectivity index (χ3n) is 2.95. The fourth-order valence-corrected chi connectivity index (χ4v) is 1.75.